The normalized spacial score (nSPS) is 23.2. The van der Waals surface area contributed by atoms with Crippen molar-refractivity contribution in [1.29, 1.82) is 0 Å². The van der Waals surface area contributed by atoms with Gasteiger partial charge in [0.15, 0.2) is 0 Å². The number of aromatic nitrogens is 1. The zero-order chi connectivity index (χ0) is 13.0. The van der Waals surface area contributed by atoms with Crippen molar-refractivity contribution in [2.24, 2.45) is 11.8 Å². The largest absolute Gasteiger partial charge is 0.481 e. The van der Waals surface area contributed by atoms with Gasteiger partial charge in [0.1, 0.15) is 0 Å². The first-order chi connectivity index (χ1) is 8.66. The summed E-state index contributed by atoms with van der Waals surface area (Å²) < 4.78 is 0. The molecule has 4 nitrogen and oxygen atoms in total. The van der Waals surface area contributed by atoms with Crippen molar-refractivity contribution in [3.05, 3.63) is 29.6 Å². The number of rotatable bonds is 5. The fraction of sp³-hybridized carbons (Fsp3) is 0.571. The van der Waals surface area contributed by atoms with Gasteiger partial charge in [0.05, 0.1) is 11.6 Å². The van der Waals surface area contributed by atoms with E-state index in [1.165, 1.54) is 0 Å². The molecule has 0 saturated heterocycles. The predicted octanol–water partition coefficient (Wildman–Crippen LogP) is 1.98. The molecule has 1 fully saturated rings. The van der Waals surface area contributed by atoms with Crippen LogP contribution in [0.5, 0.6) is 0 Å². The molecule has 0 amide bonds. The molecule has 2 atom stereocenters. The Hall–Kier alpha value is -1.42. The zero-order valence-electron chi connectivity index (χ0n) is 10.7. The molecule has 2 unspecified atom stereocenters. The smallest absolute Gasteiger partial charge is 0.306 e. The lowest BCUT2D eigenvalue weighted by molar-refractivity contribution is -0.142. The highest BCUT2D eigenvalue weighted by Crippen LogP contribution is 2.31. The van der Waals surface area contributed by atoms with E-state index in [4.69, 9.17) is 5.11 Å². The summed E-state index contributed by atoms with van der Waals surface area (Å²) in [5, 5.41) is 12.4. The van der Waals surface area contributed by atoms with Crippen LogP contribution in [0.3, 0.4) is 0 Å². The van der Waals surface area contributed by atoms with E-state index >= 15 is 0 Å². The number of hydrogen-bond donors (Lipinski definition) is 2. The van der Waals surface area contributed by atoms with Crippen molar-refractivity contribution < 1.29 is 9.90 Å². The second kappa shape index (κ2) is 5.96. The van der Waals surface area contributed by atoms with Crippen LogP contribution in [-0.2, 0) is 11.3 Å². The molecule has 0 aromatic carbocycles. The summed E-state index contributed by atoms with van der Waals surface area (Å²) in [5.41, 5.74) is 2.03. The molecule has 4 heteroatoms. The SMILES string of the molecule is Cc1cccc(CNCC2CCCC2C(=O)O)n1. The van der Waals surface area contributed by atoms with Crippen molar-refractivity contribution in [3.63, 3.8) is 0 Å². The Morgan fingerprint density at radius 2 is 2.33 bits per heavy atom. The second-order valence-electron chi connectivity index (χ2n) is 5.04. The van der Waals surface area contributed by atoms with Gasteiger partial charge in [0.25, 0.3) is 0 Å². The molecule has 0 spiro atoms. The van der Waals surface area contributed by atoms with Crippen molar-refractivity contribution in [2.45, 2.75) is 32.7 Å². The molecule has 1 saturated carbocycles. The number of carbonyl (C=O) groups is 1. The number of aryl methyl sites for hydroxylation is 1. The molecular weight excluding hydrogens is 228 g/mol. The Bertz CT molecular complexity index is 420. The first-order valence-corrected chi connectivity index (χ1v) is 6.53. The number of aliphatic carboxylic acids is 1. The number of hydrogen-bond acceptors (Lipinski definition) is 3. The van der Waals surface area contributed by atoms with E-state index in [9.17, 15) is 4.79 Å². The fourth-order valence-electron chi connectivity index (χ4n) is 2.69. The fourth-order valence-corrected chi connectivity index (χ4v) is 2.69. The maximum atomic E-state index is 11.0. The van der Waals surface area contributed by atoms with Crippen LogP contribution in [-0.4, -0.2) is 22.6 Å². The van der Waals surface area contributed by atoms with E-state index < -0.39 is 5.97 Å². The Morgan fingerprint density at radius 3 is 3.06 bits per heavy atom. The molecular formula is C14H20N2O2. The third-order valence-electron chi connectivity index (χ3n) is 3.63. The molecule has 2 rings (SSSR count). The predicted molar refractivity (Wildman–Crippen MR) is 69.1 cm³/mol. The van der Waals surface area contributed by atoms with E-state index in [-0.39, 0.29) is 11.8 Å². The standard InChI is InChI=1S/C14H20N2O2/c1-10-4-2-6-12(16-10)9-15-8-11-5-3-7-13(11)14(17)18/h2,4,6,11,13,15H,3,5,7-9H2,1H3,(H,17,18). The Labute approximate surface area is 107 Å². The van der Waals surface area contributed by atoms with Gasteiger partial charge in [0, 0.05) is 12.2 Å². The zero-order valence-corrected chi connectivity index (χ0v) is 10.7. The lowest BCUT2D eigenvalue weighted by Gasteiger charge is -2.16. The summed E-state index contributed by atoms with van der Waals surface area (Å²) in [4.78, 5) is 15.5. The van der Waals surface area contributed by atoms with Crippen LogP contribution in [0.2, 0.25) is 0 Å². The van der Waals surface area contributed by atoms with Crippen LogP contribution in [0.25, 0.3) is 0 Å². The Morgan fingerprint density at radius 1 is 1.50 bits per heavy atom. The quantitative estimate of drug-likeness (QED) is 0.836. The number of carboxylic acids is 1. The van der Waals surface area contributed by atoms with Gasteiger partial charge >= 0.3 is 5.97 Å². The lowest BCUT2D eigenvalue weighted by Crippen LogP contribution is -2.29. The summed E-state index contributed by atoms with van der Waals surface area (Å²) in [5.74, 6) is -0.539. The van der Waals surface area contributed by atoms with Gasteiger partial charge in [-0.15, -0.1) is 0 Å². The number of carboxylic acid groups (broad SMARTS) is 1. The lowest BCUT2D eigenvalue weighted by atomic mass is 9.96. The van der Waals surface area contributed by atoms with Gasteiger partial charge in [-0.05, 0) is 44.4 Å². The van der Waals surface area contributed by atoms with Crippen LogP contribution >= 0.6 is 0 Å². The van der Waals surface area contributed by atoms with Crippen molar-refractivity contribution >= 4 is 5.97 Å². The van der Waals surface area contributed by atoms with Gasteiger partial charge < -0.3 is 10.4 Å². The molecule has 1 aromatic rings. The van der Waals surface area contributed by atoms with E-state index in [0.29, 0.717) is 6.54 Å². The second-order valence-corrected chi connectivity index (χ2v) is 5.04. The van der Waals surface area contributed by atoms with Crippen LogP contribution in [0.4, 0.5) is 0 Å². The molecule has 0 bridgehead atoms. The van der Waals surface area contributed by atoms with E-state index in [1.807, 2.05) is 25.1 Å². The molecule has 1 aliphatic carbocycles. The summed E-state index contributed by atoms with van der Waals surface area (Å²) in [6.45, 7) is 3.46. The van der Waals surface area contributed by atoms with Crippen LogP contribution < -0.4 is 5.32 Å². The van der Waals surface area contributed by atoms with Crippen LogP contribution in [0.1, 0.15) is 30.7 Å². The van der Waals surface area contributed by atoms with Crippen LogP contribution in [0.15, 0.2) is 18.2 Å². The molecule has 98 valence electrons. The highest BCUT2D eigenvalue weighted by molar-refractivity contribution is 5.70. The molecule has 18 heavy (non-hydrogen) atoms. The van der Waals surface area contributed by atoms with Crippen molar-refractivity contribution in [2.75, 3.05) is 6.54 Å². The van der Waals surface area contributed by atoms with E-state index in [1.54, 1.807) is 0 Å². The van der Waals surface area contributed by atoms with Gasteiger partial charge in [-0.3, -0.25) is 9.78 Å². The maximum absolute atomic E-state index is 11.0. The topological polar surface area (TPSA) is 62.2 Å². The van der Waals surface area contributed by atoms with Gasteiger partial charge in [-0.1, -0.05) is 12.5 Å². The van der Waals surface area contributed by atoms with Crippen molar-refractivity contribution in [3.8, 4) is 0 Å². The van der Waals surface area contributed by atoms with E-state index in [0.717, 1.165) is 37.2 Å². The maximum Gasteiger partial charge on any atom is 0.306 e. The molecule has 0 aliphatic heterocycles. The highest BCUT2D eigenvalue weighted by atomic mass is 16.4. The first-order valence-electron chi connectivity index (χ1n) is 6.53. The molecule has 1 aromatic heterocycles. The average Bonchev–Trinajstić information content (AvgIpc) is 2.77. The number of pyridine rings is 1. The van der Waals surface area contributed by atoms with Gasteiger partial charge in [0.2, 0.25) is 0 Å². The molecule has 0 radical (unpaired) electrons. The third kappa shape index (κ3) is 3.29. The number of nitrogens with zero attached hydrogens (tertiary/aromatic N) is 1. The summed E-state index contributed by atoms with van der Waals surface area (Å²) in [6.07, 6.45) is 2.88. The van der Waals surface area contributed by atoms with Crippen molar-refractivity contribution in [1.82, 2.24) is 10.3 Å². The first kappa shape index (κ1) is 13.0. The van der Waals surface area contributed by atoms with Gasteiger partial charge in [-0.2, -0.15) is 0 Å². The Balaban J connectivity index is 1.80. The average molecular weight is 248 g/mol. The van der Waals surface area contributed by atoms with Gasteiger partial charge in [-0.25, -0.2) is 0 Å². The summed E-state index contributed by atoms with van der Waals surface area (Å²) >= 11 is 0. The Kier molecular flexibility index (Phi) is 4.31. The summed E-state index contributed by atoms with van der Waals surface area (Å²) in [7, 11) is 0. The highest BCUT2D eigenvalue weighted by Gasteiger charge is 2.32. The monoisotopic (exact) mass is 248 g/mol. The van der Waals surface area contributed by atoms with E-state index in [2.05, 4.69) is 10.3 Å². The minimum absolute atomic E-state index is 0.164. The number of nitrogens with one attached hydrogen (secondary N) is 1. The molecule has 1 aliphatic rings. The minimum atomic E-state index is -0.645. The van der Waals surface area contributed by atoms with Crippen LogP contribution in [0, 0.1) is 18.8 Å². The molecule has 2 N–H and O–H groups in total. The minimum Gasteiger partial charge on any atom is -0.481 e. The molecule has 1 heterocycles. The third-order valence-corrected chi connectivity index (χ3v) is 3.63. The summed E-state index contributed by atoms with van der Waals surface area (Å²) in [6, 6.07) is 5.96.